The zero-order valence-electron chi connectivity index (χ0n) is 12.2. The van der Waals surface area contributed by atoms with E-state index in [-0.39, 0.29) is 12.2 Å². The van der Waals surface area contributed by atoms with Crippen LogP contribution >= 0.6 is 0 Å². The summed E-state index contributed by atoms with van der Waals surface area (Å²) in [6.07, 6.45) is -0.587. The second-order valence-corrected chi connectivity index (χ2v) is 4.82. The van der Waals surface area contributed by atoms with Crippen molar-refractivity contribution < 1.29 is 19.4 Å². The first kappa shape index (κ1) is 15.6. The molecule has 0 spiro atoms. The number of hydrogen-bond donors (Lipinski definition) is 2. The van der Waals surface area contributed by atoms with Crippen molar-refractivity contribution in [3.05, 3.63) is 71.3 Å². The molecular formula is C17H17NO4. The Morgan fingerprint density at radius 2 is 1.73 bits per heavy atom. The molecule has 0 fully saturated rings. The first-order chi connectivity index (χ1) is 10.6. The predicted octanol–water partition coefficient (Wildman–Crippen LogP) is 3.37. The SMILES string of the molecule is C[C@@H](NC(=O)OCc1ccccc1)c1ccccc1C(=O)O. The molecule has 5 nitrogen and oxygen atoms in total. The average molecular weight is 299 g/mol. The smallest absolute Gasteiger partial charge is 0.407 e. The van der Waals surface area contributed by atoms with Crippen molar-refractivity contribution in [1.29, 1.82) is 0 Å². The molecule has 22 heavy (non-hydrogen) atoms. The molecule has 0 aliphatic heterocycles. The highest BCUT2D eigenvalue weighted by Gasteiger charge is 2.17. The van der Waals surface area contributed by atoms with Crippen LogP contribution in [0.15, 0.2) is 54.6 Å². The van der Waals surface area contributed by atoms with Crippen LogP contribution in [0.5, 0.6) is 0 Å². The van der Waals surface area contributed by atoms with Crippen LogP contribution in [0.2, 0.25) is 0 Å². The summed E-state index contributed by atoms with van der Waals surface area (Å²) in [4.78, 5) is 23.0. The average Bonchev–Trinajstić information content (AvgIpc) is 2.54. The van der Waals surface area contributed by atoms with Gasteiger partial charge in [-0.3, -0.25) is 0 Å². The minimum atomic E-state index is -1.03. The van der Waals surface area contributed by atoms with Crippen LogP contribution in [-0.2, 0) is 11.3 Å². The Hall–Kier alpha value is -2.82. The standard InChI is InChI=1S/C17H17NO4/c1-12(14-9-5-6-10-15(14)16(19)20)18-17(21)22-11-13-7-3-2-4-8-13/h2-10,12H,11H2,1H3,(H,18,21)(H,19,20)/t12-/m1/s1. The van der Waals surface area contributed by atoms with Gasteiger partial charge in [0.1, 0.15) is 6.61 Å². The van der Waals surface area contributed by atoms with Crippen LogP contribution in [0.1, 0.15) is 34.5 Å². The zero-order chi connectivity index (χ0) is 15.9. The van der Waals surface area contributed by atoms with Crippen molar-refractivity contribution >= 4 is 12.1 Å². The van der Waals surface area contributed by atoms with Gasteiger partial charge in [0.25, 0.3) is 0 Å². The number of alkyl carbamates (subject to hydrolysis) is 1. The number of carboxylic acid groups (broad SMARTS) is 1. The summed E-state index contributed by atoms with van der Waals surface area (Å²) in [5.41, 5.74) is 1.58. The molecule has 0 saturated carbocycles. The molecule has 2 aromatic carbocycles. The maximum Gasteiger partial charge on any atom is 0.407 e. The highest BCUT2D eigenvalue weighted by molar-refractivity contribution is 5.89. The summed E-state index contributed by atoms with van der Waals surface area (Å²) in [5.74, 6) is -1.03. The molecule has 0 aromatic heterocycles. The Bertz CT molecular complexity index is 655. The van der Waals surface area contributed by atoms with Gasteiger partial charge in [-0.15, -0.1) is 0 Å². The Balaban J connectivity index is 1.95. The summed E-state index contributed by atoms with van der Waals surface area (Å²) in [6.45, 7) is 1.88. The fraction of sp³-hybridized carbons (Fsp3) is 0.176. The van der Waals surface area contributed by atoms with E-state index in [0.717, 1.165) is 5.56 Å². The maximum atomic E-state index is 11.8. The second kappa shape index (κ2) is 7.26. The van der Waals surface area contributed by atoms with Gasteiger partial charge in [-0.25, -0.2) is 9.59 Å². The third-order valence-electron chi connectivity index (χ3n) is 3.20. The Morgan fingerprint density at radius 1 is 1.09 bits per heavy atom. The highest BCUT2D eigenvalue weighted by atomic mass is 16.5. The number of rotatable bonds is 5. The van der Waals surface area contributed by atoms with Crippen molar-refractivity contribution in [3.63, 3.8) is 0 Å². The van der Waals surface area contributed by atoms with E-state index in [1.807, 2.05) is 30.3 Å². The van der Waals surface area contributed by atoms with Gasteiger partial charge in [-0.05, 0) is 24.1 Å². The van der Waals surface area contributed by atoms with Crippen LogP contribution in [0, 0.1) is 0 Å². The summed E-state index contributed by atoms with van der Waals surface area (Å²) in [6, 6.07) is 15.4. The fourth-order valence-corrected chi connectivity index (χ4v) is 2.09. The van der Waals surface area contributed by atoms with Crippen LogP contribution in [0.3, 0.4) is 0 Å². The lowest BCUT2D eigenvalue weighted by Crippen LogP contribution is -2.28. The summed E-state index contributed by atoms with van der Waals surface area (Å²) >= 11 is 0. The summed E-state index contributed by atoms with van der Waals surface area (Å²) < 4.78 is 5.12. The molecule has 0 heterocycles. The number of aromatic carboxylic acids is 1. The van der Waals surface area contributed by atoms with E-state index in [0.29, 0.717) is 5.56 Å². The van der Waals surface area contributed by atoms with E-state index in [9.17, 15) is 9.59 Å². The fourth-order valence-electron chi connectivity index (χ4n) is 2.09. The van der Waals surface area contributed by atoms with Crippen LogP contribution in [-0.4, -0.2) is 17.2 Å². The topological polar surface area (TPSA) is 75.6 Å². The number of nitrogens with one attached hydrogen (secondary N) is 1. The van der Waals surface area contributed by atoms with E-state index in [4.69, 9.17) is 9.84 Å². The number of benzene rings is 2. The number of carboxylic acids is 1. The molecule has 1 atom stereocenters. The number of carbonyl (C=O) groups excluding carboxylic acids is 1. The van der Waals surface area contributed by atoms with Gasteiger partial charge < -0.3 is 15.2 Å². The number of carbonyl (C=O) groups is 2. The van der Waals surface area contributed by atoms with Crippen molar-refractivity contribution in [2.75, 3.05) is 0 Å². The van der Waals surface area contributed by atoms with Crippen LogP contribution in [0.4, 0.5) is 4.79 Å². The summed E-state index contributed by atoms with van der Waals surface area (Å²) in [7, 11) is 0. The van der Waals surface area contributed by atoms with Gasteiger partial charge in [0.05, 0.1) is 11.6 Å². The van der Waals surface area contributed by atoms with Crippen LogP contribution in [0.25, 0.3) is 0 Å². The van der Waals surface area contributed by atoms with Crippen molar-refractivity contribution in [2.24, 2.45) is 0 Å². The lowest BCUT2D eigenvalue weighted by molar-refractivity contribution is 0.0694. The second-order valence-electron chi connectivity index (χ2n) is 4.82. The molecular weight excluding hydrogens is 282 g/mol. The molecule has 0 bridgehead atoms. The van der Waals surface area contributed by atoms with Crippen molar-refractivity contribution in [3.8, 4) is 0 Å². The van der Waals surface area contributed by atoms with Crippen molar-refractivity contribution in [1.82, 2.24) is 5.32 Å². The van der Waals surface area contributed by atoms with Gasteiger partial charge in [-0.1, -0.05) is 48.5 Å². The molecule has 2 N–H and O–H groups in total. The minimum absolute atomic E-state index is 0.165. The monoisotopic (exact) mass is 299 g/mol. The first-order valence-electron chi connectivity index (χ1n) is 6.87. The number of amides is 1. The molecule has 0 aliphatic rings. The lowest BCUT2D eigenvalue weighted by atomic mass is 10.0. The lowest BCUT2D eigenvalue weighted by Gasteiger charge is -2.16. The molecule has 2 aromatic rings. The first-order valence-corrected chi connectivity index (χ1v) is 6.87. The molecule has 1 amide bonds. The van der Waals surface area contributed by atoms with Crippen LogP contribution < -0.4 is 5.32 Å². The molecule has 2 rings (SSSR count). The van der Waals surface area contributed by atoms with Gasteiger partial charge in [0, 0.05) is 0 Å². The molecule has 0 aliphatic carbocycles. The molecule has 0 saturated heterocycles. The van der Waals surface area contributed by atoms with E-state index in [2.05, 4.69) is 5.32 Å². The number of hydrogen-bond acceptors (Lipinski definition) is 3. The predicted molar refractivity (Wildman–Crippen MR) is 81.6 cm³/mol. The highest BCUT2D eigenvalue weighted by Crippen LogP contribution is 2.18. The zero-order valence-corrected chi connectivity index (χ0v) is 12.2. The van der Waals surface area contributed by atoms with E-state index < -0.39 is 18.1 Å². The number of ether oxygens (including phenoxy) is 1. The van der Waals surface area contributed by atoms with E-state index in [1.165, 1.54) is 6.07 Å². The maximum absolute atomic E-state index is 11.8. The Kier molecular flexibility index (Phi) is 5.14. The molecule has 5 heteroatoms. The van der Waals surface area contributed by atoms with Gasteiger partial charge in [0.15, 0.2) is 0 Å². The van der Waals surface area contributed by atoms with Gasteiger partial charge in [-0.2, -0.15) is 0 Å². The third-order valence-corrected chi connectivity index (χ3v) is 3.20. The Labute approximate surface area is 128 Å². The van der Waals surface area contributed by atoms with Gasteiger partial charge >= 0.3 is 12.1 Å². The normalized spacial score (nSPS) is 11.5. The van der Waals surface area contributed by atoms with Crippen molar-refractivity contribution in [2.45, 2.75) is 19.6 Å². The minimum Gasteiger partial charge on any atom is -0.478 e. The third kappa shape index (κ3) is 4.09. The van der Waals surface area contributed by atoms with E-state index >= 15 is 0 Å². The van der Waals surface area contributed by atoms with E-state index in [1.54, 1.807) is 25.1 Å². The molecule has 114 valence electrons. The largest absolute Gasteiger partial charge is 0.478 e. The Morgan fingerprint density at radius 3 is 2.41 bits per heavy atom. The quantitative estimate of drug-likeness (QED) is 0.887. The summed E-state index contributed by atoms with van der Waals surface area (Å²) in [5, 5.41) is 11.8. The van der Waals surface area contributed by atoms with Gasteiger partial charge in [0.2, 0.25) is 0 Å². The molecule has 0 unspecified atom stereocenters. The molecule has 0 radical (unpaired) electrons.